The summed E-state index contributed by atoms with van der Waals surface area (Å²) >= 11 is 0. The van der Waals surface area contributed by atoms with Gasteiger partial charge in [-0.15, -0.1) is 0 Å². The van der Waals surface area contributed by atoms with Crippen LogP contribution in [-0.4, -0.2) is 18.6 Å². The molecular formula is C18H19NO3. The van der Waals surface area contributed by atoms with Crippen molar-refractivity contribution in [1.82, 2.24) is 5.32 Å². The van der Waals surface area contributed by atoms with Crippen LogP contribution in [0.3, 0.4) is 0 Å². The predicted molar refractivity (Wildman–Crippen MR) is 84.0 cm³/mol. The minimum Gasteiger partial charge on any atom is -0.485 e. The van der Waals surface area contributed by atoms with Crippen LogP contribution in [0.2, 0.25) is 0 Å². The highest BCUT2D eigenvalue weighted by atomic mass is 16.6. The summed E-state index contributed by atoms with van der Waals surface area (Å²) in [5, 5.41) is 2.89. The number of nitrogens with one attached hydrogen (secondary N) is 1. The fraction of sp³-hybridized carbons (Fsp3) is 0.278. The van der Waals surface area contributed by atoms with Gasteiger partial charge in [-0.05, 0) is 29.7 Å². The smallest absolute Gasteiger partial charge is 0.264 e. The molecule has 0 spiro atoms. The van der Waals surface area contributed by atoms with E-state index < -0.39 is 6.10 Å². The third-order valence-electron chi connectivity index (χ3n) is 3.70. The Morgan fingerprint density at radius 3 is 2.50 bits per heavy atom. The normalized spacial score (nSPS) is 16.1. The lowest BCUT2D eigenvalue weighted by Gasteiger charge is -2.25. The first-order valence-corrected chi connectivity index (χ1v) is 7.50. The van der Waals surface area contributed by atoms with Gasteiger partial charge in [0, 0.05) is 6.54 Å². The van der Waals surface area contributed by atoms with Crippen molar-refractivity contribution in [2.24, 2.45) is 0 Å². The molecule has 1 atom stereocenters. The molecule has 0 fully saturated rings. The zero-order chi connectivity index (χ0) is 15.4. The molecule has 2 aromatic carbocycles. The largest absolute Gasteiger partial charge is 0.485 e. The van der Waals surface area contributed by atoms with Crippen molar-refractivity contribution in [2.45, 2.75) is 26.0 Å². The van der Waals surface area contributed by atoms with Crippen molar-refractivity contribution in [3.8, 4) is 11.5 Å². The van der Waals surface area contributed by atoms with Crippen LogP contribution in [0.1, 0.15) is 18.1 Å². The molecule has 0 saturated heterocycles. The monoisotopic (exact) mass is 297 g/mol. The summed E-state index contributed by atoms with van der Waals surface area (Å²) in [5.74, 6) is 1.14. The molecule has 0 aliphatic carbocycles. The van der Waals surface area contributed by atoms with E-state index in [0.29, 0.717) is 18.0 Å². The summed E-state index contributed by atoms with van der Waals surface area (Å²) in [6.45, 7) is 2.84. The second kappa shape index (κ2) is 6.52. The maximum atomic E-state index is 12.2. The number of hydrogen-bond donors (Lipinski definition) is 1. The van der Waals surface area contributed by atoms with Crippen molar-refractivity contribution in [2.75, 3.05) is 6.61 Å². The Morgan fingerprint density at radius 1 is 1.09 bits per heavy atom. The average molecular weight is 297 g/mol. The van der Waals surface area contributed by atoms with Crippen LogP contribution in [0, 0.1) is 0 Å². The number of amides is 1. The van der Waals surface area contributed by atoms with Gasteiger partial charge in [-0.25, -0.2) is 0 Å². The SMILES string of the molecule is CCc1ccc(CNC(=O)C2COc3ccccc3O2)cc1. The van der Waals surface area contributed by atoms with Crippen molar-refractivity contribution in [3.05, 3.63) is 59.7 Å². The van der Waals surface area contributed by atoms with Gasteiger partial charge in [0.25, 0.3) is 5.91 Å². The van der Waals surface area contributed by atoms with E-state index in [1.807, 2.05) is 30.3 Å². The fourth-order valence-electron chi connectivity index (χ4n) is 2.34. The number of aryl methyl sites for hydroxylation is 1. The molecule has 0 bridgehead atoms. The number of fused-ring (bicyclic) bond motifs is 1. The molecule has 1 heterocycles. The standard InChI is InChI=1S/C18H19NO3/c1-2-13-7-9-14(10-8-13)11-19-18(20)17-12-21-15-5-3-4-6-16(15)22-17/h3-10,17H,2,11-12H2,1H3,(H,19,20). The highest BCUT2D eigenvalue weighted by Gasteiger charge is 2.26. The van der Waals surface area contributed by atoms with Crippen molar-refractivity contribution in [1.29, 1.82) is 0 Å². The lowest BCUT2D eigenvalue weighted by Crippen LogP contribution is -2.43. The number of benzene rings is 2. The van der Waals surface area contributed by atoms with Gasteiger partial charge in [0.05, 0.1) is 0 Å². The number of para-hydroxylation sites is 2. The van der Waals surface area contributed by atoms with Crippen LogP contribution in [-0.2, 0) is 17.8 Å². The van der Waals surface area contributed by atoms with Crippen molar-refractivity contribution in [3.63, 3.8) is 0 Å². The Balaban J connectivity index is 1.56. The molecule has 4 nitrogen and oxygen atoms in total. The molecule has 1 unspecified atom stereocenters. The number of carbonyl (C=O) groups excluding carboxylic acids is 1. The molecule has 0 aromatic heterocycles. The second-order valence-electron chi connectivity index (χ2n) is 5.25. The third kappa shape index (κ3) is 3.22. The van der Waals surface area contributed by atoms with Gasteiger partial charge < -0.3 is 14.8 Å². The van der Waals surface area contributed by atoms with E-state index in [0.717, 1.165) is 12.0 Å². The first-order chi connectivity index (χ1) is 10.8. The Morgan fingerprint density at radius 2 is 1.77 bits per heavy atom. The second-order valence-corrected chi connectivity index (χ2v) is 5.25. The summed E-state index contributed by atoms with van der Waals surface area (Å²) < 4.78 is 11.2. The maximum absolute atomic E-state index is 12.2. The Labute approximate surface area is 130 Å². The quantitative estimate of drug-likeness (QED) is 0.944. The van der Waals surface area contributed by atoms with Crippen LogP contribution in [0.4, 0.5) is 0 Å². The zero-order valence-corrected chi connectivity index (χ0v) is 12.5. The van der Waals surface area contributed by atoms with E-state index in [2.05, 4.69) is 24.4 Å². The molecule has 1 amide bonds. The van der Waals surface area contributed by atoms with E-state index >= 15 is 0 Å². The summed E-state index contributed by atoms with van der Waals surface area (Å²) in [6.07, 6.45) is 0.407. The Hall–Kier alpha value is -2.49. The third-order valence-corrected chi connectivity index (χ3v) is 3.70. The van der Waals surface area contributed by atoms with Gasteiger partial charge in [0.15, 0.2) is 11.5 Å². The molecule has 0 saturated carbocycles. The maximum Gasteiger partial charge on any atom is 0.264 e. The van der Waals surface area contributed by atoms with E-state index in [4.69, 9.17) is 9.47 Å². The summed E-state index contributed by atoms with van der Waals surface area (Å²) in [5.41, 5.74) is 2.36. The lowest BCUT2D eigenvalue weighted by molar-refractivity contribution is -0.130. The first-order valence-electron chi connectivity index (χ1n) is 7.50. The van der Waals surface area contributed by atoms with Gasteiger partial charge in [-0.3, -0.25) is 4.79 Å². The lowest BCUT2D eigenvalue weighted by atomic mass is 10.1. The number of carbonyl (C=O) groups is 1. The molecule has 2 aromatic rings. The van der Waals surface area contributed by atoms with Crippen LogP contribution < -0.4 is 14.8 Å². The van der Waals surface area contributed by atoms with Crippen LogP contribution in [0.15, 0.2) is 48.5 Å². The molecule has 114 valence electrons. The molecule has 22 heavy (non-hydrogen) atoms. The number of rotatable bonds is 4. The van der Waals surface area contributed by atoms with E-state index in [-0.39, 0.29) is 12.5 Å². The van der Waals surface area contributed by atoms with Gasteiger partial charge in [-0.2, -0.15) is 0 Å². The number of ether oxygens (including phenoxy) is 2. The van der Waals surface area contributed by atoms with Crippen LogP contribution in [0.25, 0.3) is 0 Å². The van der Waals surface area contributed by atoms with Gasteiger partial charge in [0.1, 0.15) is 6.61 Å². The van der Waals surface area contributed by atoms with E-state index in [9.17, 15) is 4.79 Å². The molecule has 1 aliphatic heterocycles. The van der Waals surface area contributed by atoms with Gasteiger partial charge in [0.2, 0.25) is 6.10 Å². The van der Waals surface area contributed by atoms with Crippen molar-refractivity contribution < 1.29 is 14.3 Å². The minimum atomic E-state index is -0.607. The van der Waals surface area contributed by atoms with E-state index in [1.54, 1.807) is 6.07 Å². The molecule has 1 N–H and O–H groups in total. The van der Waals surface area contributed by atoms with Gasteiger partial charge in [-0.1, -0.05) is 43.3 Å². The summed E-state index contributed by atoms with van der Waals surface area (Å²) in [7, 11) is 0. The molecular weight excluding hydrogens is 278 g/mol. The molecule has 4 heteroatoms. The van der Waals surface area contributed by atoms with E-state index in [1.165, 1.54) is 5.56 Å². The number of hydrogen-bond acceptors (Lipinski definition) is 3. The molecule has 0 radical (unpaired) electrons. The average Bonchev–Trinajstić information content (AvgIpc) is 2.59. The predicted octanol–water partition coefficient (Wildman–Crippen LogP) is 2.71. The molecule has 1 aliphatic rings. The fourth-order valence-corrected chi connectivity index (χ4v) is 2.34. The highest BCUT2D eigenvalue weighted by Crippen LogP contribution is 2.30. The zero-order valence-electron chi connectivity index (χ0n) is 12.5. The summed E-state index contributed by atoms with van der Waals surface area (Å²) in [4.78, 5) is 12.2. The van der Waals surface area contributed by atoms with Crippen molar-refractivity contribution >= 4 is 5.91 Å². The summed E-state index contributed by atoms with van der Waals surface area (Å²) in [6, 6.07) is 15.6. The minimum absolute atomic E-state index is 0.158. The van der Waals surface area contributed by atoms with Crippen LogP contribution >= 0.6 is 0 Å². The Kier molecular flexibility index (Phi) is 4.28. The topological polar surface area (TPSA) is 47.6 Å². The Bertz CT molecular complexity index is 652. The highest BCUT2D eigenvalue weighted by molar-refractivity contribution is 5.81. The van der Waals surface area contributed by atoms with Gasteiger partial charge >= 0.3 is 0 Å². The van der Waals surface area contributed by atoms with Crippen LogP contribution in [0.5, 0.6) is 11.5 Å². The molecule has 3 rings (SSSR count). The first kappa shape index (κ1) is 14.4.